The first-order chi connectivity index (χ1) is 13.7. The highest BCUT2D eigenvalue weighted by Crippen LogP contribution is 2.52. The van der Waals surface area contributed by atoms with Crippen molar-refractivity contribution in [3.05, 3.63) is 46.2 Å². The number of aryl methyl sites for hydroxylation is 1. The van der Waals surface area contributed by atoms with E-state index in [9.17, 15) is 9.59 Å². The van der Waals surface area contributed by atoms with Crippen molar-refractivity contribution in [2.75, 3.05) is 13.2 Å². The van der Waals surface area contributed by atoms with Crippen LogP contribution in [0.4, 0.5) is 0 Å². The molecular weight excluding hydrogens is 382 g/mol. The molecule has 0 spiro atoms. The molecule has 2 aliphatic rings. The molecule has 1 aromatic heterocycles. The Morgan fingerprint density at radius 3 is 2.59 bits per heavy atom. The van der Waals surface area contributed by atoms with E-state index in [1.54, 1.807) is 0 Å². The molecule has 1 aliphatic carbocycles. The molecule has 1 amide bonds. The van der Waals surface area contributed by atoms with Crippen LogP contribution < -0.4 is 0 Å². The second-order valence-corrected chi connectivity index (χ2v) is 10.8. The molecule has 2 heterocycles. The van der Waals surface area contributed by atoms with E-state index < -0.39 is 5.97 Å². The number of ether oxygens (including phenoxy) is 1. The highest BCUT2D eigenvalue weighted by molar-refractivity contribution is 7.12. The van der Waals surface area contributed by atoms with Gasteiger partial charge in [0.25, 0.3) is 5.91 Å². The van der Waals surface area contributed by atoms with Crippen LogP contribution in [0.25, 0.3) is 11.1 Å². The molecule has 1 saturated carbocycles. The van der Waals surface area contributed by atoms with E-state index in [4.69, 9.17) is 4.74 Å². The fraction of sp³-hybridized carbons (Fsp3) is 0.500. The van der Waals surface area contributed by atoms with Crippen LogP contribution in [0.5, 0.6) is 0 Å². The summed E-state index contributed by atoms with van der Waals surface area (Å²) in [6.45, 7) is 9.47. The molecule has 4 rings (SSSR count). The largest absolute Gasteiger partial charge is 0.451 e. The van der Waals surface area contributed by atoms with E-state index in [1.807, 2.05) is 47.5 Å². The Kier molecular flexibility index (Phi) is 5.06. The van der Waals surface area contributed by atoms with Crippen LogP contribution >= 0.6 is 11.3 Å². The van der Waals surface area contributed by atoms with E-state index >= 15 is 0 Å². The normalized spacial score (nSPS) is 25.1. The smallest absolute Gasteiger partial charge is 0.349 e. The first-order valence-corrected chi connectivity index (χ1v) is 11.1. The van der Waals surface area contributed by atoms with Gasteiger partial charge in [-0.3, -0.25) is 4.79 Å². The Labute approximate surface area is 176 Å². The Morgan fingerprint density at radius 1 is 1.14 bits per heavy atom. The van der Waals surface area contributed by atoms with Gasteiger partial charge in [-0.25, -0.2) is 4.79 Å². The molecule has 0 unspecified atom stereocenters. The Morgan fingerprint density at radius 2 is 1.86 bits per heavy atom. The molecule has 1 aromatic carbocycles. The Balaban J connectivity index is 1.42. The predicted molar refractivity (Wildman–Crippen MR) is 116 cm³/mol. The maximum atomic E-state index is 12.9. The number of fused-ring (bicyclic) bond motifs is 2. The van der Waals surface area contributed by atoms with Gasteiger partial charge < -0.3 is 9.64 Å². The highest BCUT2D eigenvalue weighted by atomic mass is 32.1. The lowest BCUT2D eigenvalue weighted by Crippen LogP contribution is -2.39. The maximum Gasteiger partial charge on any atom is 0.349 e. The molecule has 2 aromatic rings. The SMILES string of the molecule is Cc1ccc(-c2ccsc2C(=O)OCC(=O)N2C[C@@]3(C)C[C@@H]2CC(C)(C)C3)cc1. The summed E-state index contributed by atoms with van der Waals surface area (Å²) in [4.78, 5) is 28.1. The van der Waals surface area contributed by atoms with Crippen molar-refractivity contribution in [1.29, 1.82) is 0 Å². The van der Waals surface area contributed by atoms with Crippen LogP contribution in [-0.4, -0.2) is 36.0 Å². The second-order valence-electron chi connectivity index (χ2n) is 9.84. The maximum absolute atomic E-state index is 12.9. The lowest BCUT2D eigenvalue weighted by Gasteiger charge is -2.39. The lowest BCUT2D eigenvalue weighted by molar-refractivity contribution is -0.135. The fourth-order valence-electron chi connectivity index (χ4n) is 5.46. The minimum absolute atomic E-state index is 0.0711. The van der Waals surface area contributed by atoms with Crippen LogP contribution in [0, 0.1) is 17.8 Å². The quantitative estimate of drug-likeness (QED) is 0.641. The third-order valence-electron chi connectivity index (χ3n) is 6.28. The van der Waals surface area contributed by atoms with Gasteiger partial charge in [-0.1, -0.05) is 50.6 Å². The number of nitrogens with zero attached hydrogens (tertiary/aromatic N) is 1. The summed E-state index contributed by atoms with van der Waals surface area (Å²) in [5.74, 6) is -0.490. The first-order valence-electron chi connectivity index (χ1n) is 10.3. The number of rotatable bonds is 4. The summed E-state index contributed by atoms with van der Waals surface area (Å²) < 4.78 is 5.46. The van der Waals surface area contributed by atoms with Crippen LogP contribution in [0.2, 0.25) is 0 Å². The summed E-state index contributed by atoms with van der Waals surface area (Å²) in [6, 6.07) is 10.3. The summed E-state index contributed by atoms with van der Waals surface area (Å²) >= 11 is 1.36. The second kappa shape index (κ2) is 7.28. The van der Waals surface area contributed by atoms with E-state index in [2.05, 4.69) is 20.8 Å². The number of thiophene rings is 1. The van der Waals surface area contributed by atoms with Crippen LogP contribution in [0.15, 0.2) is 35.7 Å². The number of amides is 1. The average Bonchev–Trinajstić information content (AvgIpc) is 3.21. The van der Waals surface area contributed by atoms with Crippen molar-refractivity contribution in [1.82, 2.24) is 4.90 Å². The number of benzene rings is 1. The first kappa shape index (κ1) is 20.1. The minimum atomic E-state index is -0.419. The summed E-state index contributed by atoms with van der Waals surface area (Å²) in [6.07, 6.45) is 3.21. The number of esters is 1. The van der Waals surface area contributed by atoms with Crippen molar-refractivity contribution in [3.8, 4) is 11.1 Å². The molecule has 0 radical (unpaired) electrons. The van der Waals surface area contributed by atoms with E-state index in [-0.39, 0.29) is 29.4 Å². The highest BCUT2D eigenvalue weighted by Gasteiger charge is 2.50. The zero-order valence-corrected chi connectivity index (χ0v) is 18.5. The molecule has 29 heavy (non-hydrogen) atoms. The number of likely N-dealkylation sites (tertiary alicyclic amines) is 1. The van der Waals surface area contributed by atoms with E-state index in [0.29, 0.717) is 4.88 Å². The summed E-state index contributed by atoms with van der Waals surface area (Å²) in [7, 11) is 0. The van der Waals surface area contributed by atoms with E-state index in [0.717, 1.165) is 36.9 Å². The zero-order valence-electron chi connectivity index (χ0n) is 17.7. The van der Waals surface area contributed by atoms with Crippen molar-refractivity contribution in [3.63, 3.8) is 0 Å². The van der Waals surface area contributed by atoms with Gasteiger partial charge in [0, 0.05) is 18.2 Å². The standard InChI is InChI=1S/C24H29NO3S/c1-16-5-7-17(8-6-16)19-9-10-29-21(19)22(27)28-13-20(26)25-15-24(4)12-18(25)11-23(2,3)14-24/h5-10,18H,11-15H2,1-4H3/t18-,24-/m0/s1. The number of carbonyl (C=O) groups is 2. The van der Waals surface area contributed by atoms with Crippen molar-refractivity contribution in [2.45, 2.75) is 53.0 Å². The van der Waals surface area contributed by atoms with Gasteiger partial charge >= 0.3 is 5.97 Å². The van der Waals surface area contributed by atoms with Gasteiger partial charge in [0.15, 0.2) is 6.61 Å². The van der Waals surface area contributed by atoms with Crippen LogP contribution in [0.3, 0.4) is 0 Å². The molecule has 2 bridgehead atoms. The zero-order chi connectivity index (χ0) is 20.8. The molecule has 154 valence electrons. The van der Waals surface area contributed by atoms with Crippen molar-refractivity contribution in [2.24, 2.45) is 10.8 Å². The molecule has 5 heteroatoms. The molecule has 2 atom stereocenters. The van der Waals surface area contributed by atoms with Gasteiger partial charge in [-0.05, 0) is 54.0 Å². The molecular formula is C24H29NO3S. The van der Waals surface area contributed by atoms with Crippen molar-refractivity contribution < 1.29 is 14.3 Å². The number of carbonyl (C=O) groups excluding carboxylic acids is 2. The van der Waals surface area contributed by atoms with Gasteiger partial charge in [-0.2, -0.15) is 0 Å². The third kappa shape index (κ3) is 4.11. The molecule has 2 fully saturated rings. The molecule has 0 N–H and O–H groups in total. The van der Waals surface area contributed by atoms with Crippen molar-refractivity contribution >= 4 is 23.2 Å². The minimum Gasteiger partial charge on any atom is -0.451 e. The molecule has 1 saturated heterocycles. The molecule has 1 aliphatic heterocycles. The van der Waals surface area contributed by atoms with Gasteiger partial charge in [0.05, 0.1) is 0 Å². The predicted octanol–water partition coefficient (Wildman–Crippen LogP) is 5.31. The number of hydrogen-bond acceptors (Lipinski definition) is 4. The summed E-state index contributed by atoms with van der Waals surface area (Å²) in [5.41, 5.74) is 3.45. The fourth-order valence-corrected chi connectivity index (χ4v) is 6.26. The van der Waals surface area contributed by atoms with Crippen LogP contribution in [-0.2, 0) is 9.53 Å². The number of hydrogen-bond donors (Lipinski definition) is 0. The third-order valence-corrected chi connectivity index (χ3v) is 7.17. The topological polar surface area (TPSA) is 46.6 Å². The lowest BCUT2D eigenvalue weighted by atomic mass is 9.65. The van der Waals surface area contributed by atoms with Gasteiger partial charge in [0.2, 0.25) is 0 Å². The average molecular weight is 412 g/mol. The van der Waals surface area contributed by atoms with E-state index in [1.165, 1.54) is 16.9 Å². The summed E-state index contributed by atoms with van der Waals surface area (Å²) in [5, 5.41) is 1.89. The molecule has 4 nitrogen and oxygen atoms in total. The van der Waals surface area contributed by atoms with Gasteiger partial charge in [-0.15, -0.1) is 11.3 Å². The Hall–Kier alpha value is -2.14. The van der Waals surface area contributed by atoms with Gasteiger partial charge in [0.1, 0.15) is 4.88 Å². The van der Waals surface area contributed by atoms with Crippen LogP contribution in [0.1, 0.15) is 55.3 Å². The Bertz CT molecular complexity index is 930. The monoisotopic (exact) mass is 411 g/mol.